The second-order valence-electron chi connectivity index (χ2n) is 9.93. The molecule has 0 aliphatic heterocycles. The predicted octanol–water partition coefficient (Wildman–Crippen LogP) is 8.55. The molecule has 0 bridgehead atoms. The quantitative estimate of drug-likeness (QED) is 0.403. The zero-order chi connectivity index (χ0) is 19.1. The number of hydrogen-bond acceptors (Lipinski definition) is 0. The summed E-state index contributed by atoms with van der Waals surface area (Å²) in [6, 6.07) is 9.65. The van der Waals surface area contributed by atoms with E-state index in [2.05, 4.69) is 45.0 Å². The van der Waals surface area contributed by atoms with Crippen molar-refractivity contribution >= 4 is 0 Å². The van der Waals surface area contributed by atoms with Gasteiger partial charge in [0.25, 0.3) is 0 Å². The molecule has 27 heavy (non-hydrogen) atoms. The smallest absolute Gasteiger partial charge is 0.0136 e. The lowest BCUT2D eigenvalue weighted by Crippen LogP contribution is -2.29. The first-order valence-electron chi connectivity index (χ1n) is 12.3. The molecule has 0 amide bonds. The van der Waals surface area contributed by atoms with Crippen molar-refractivity contribution in [2.45, 2.75) is 110 Å². The first-order chi connectivity index (χ1) is 13.2. The van der Waals surface area contributed by atoms with Crippen LogP contribution in [0.2, 0.25) is 0 Å². The fourth-order valence-electron chi connectivity index (χ4n) is 6.21. The topological polar surface area (TPSA) is 0 Å². The molecule has 3 atom stereocenters. The van der Waals surface area contributed by atoms with Gasteiger partial charge in [-0.25, -0.2) is 0 Å². The van der Waals surface area contributed by atoms with E-state index < -0.39 is 0 Å². The Morgan fingerprint density at radius 1 is 0.778 bits per heavy atom. The predicted molar refractivity (Wildman–Crippen MR) is 119 cm³/mol. The summed E-state index contributed by atoms with van der Waals surface area (Å²) >= 11 is 0. The van der Waals surface area contributed by atoms with Crippen LogP contribution in [0.25, 0.3) is 0 Å². The van der Waals surface area contributed by atoms with Gasteiger partial charge in [0.15, 0.2) is 0 Å². The minimum atomic E-state index is 0.808. The summed E-state index contributed by atoms with van der Waals surface area (Å²) < 4.78 is 0. The molecule has 3 rings (SSSR count). The van der Waals surface area contributed by atoms with Gasteiger partial charge in [0.1, 0.15) is 0 Å². The van der Waals surface area contributed by atoms with E-state index in [4.69, 9.17) is 0 Å². The van der Waals surface area contributed by atoms with E-state index in [0.717, 1.165) is 29.6 Å². The highest BCUT2D eigenvalue weighted by molar-refractivity contribution is 5.26. The van der Waals surface area contributed by atoms with Crippen LogP contribution < -0.4 is 0 Å². The van der Waals surface area contributed by atoms with E-state index in [1.165, 1.54) is 89.0 Å². The minimum Gasteiger partial charge on any atom is -0.0654 e. The van der Waals surface area contributed by atoms with Gasteiger partial charge >= 0.3 is 0 Å². The Kier molecular flexibility index (Phi) is 8.28. The van der Waals surface area contributed by atoms with E-state index in [1.807, 2.05) is 0 Å². The van der Waals surface area contributed by atoms with Crippen molar-refractivity contribution in [3.63, 3.8) is 0 Å². The van der Waals surface area contributed by atoms with Crippen LogP contribution in [0, 0.1) is 23.7 Å². The lowest BCUT2D eigenvalue weighted by molar-refractivity contribution is 0.130. The van der Waals surface area contributed by atoms with Crippen molar-refractivity contribution in [2.75, 3.05) is 0 Å². The second-order valence-corrected chi connectivity index (χ2v) is 9.93. The summed E-state index contributed by atoms with van der Waals surface area (Å²) in [5, 5.41) is 0. The zero-order valence-corrected chi connectivity index (χ0v) is 18.4. The molecule has 0 spiro atoms. The summed E-state index contributed by atoms with van der Waals surface area (Å²) in [5.74, 6) is 4.79. The molecule has 1 aromatic rings. The Bertz CT molecular complexity index is 519. The molecular weight excluding hydrogens is 324 g/mol. The summed E-state index contributed by atoms with van der Waals surface area (Å²) in [6.07, 6.45) is 18.8. The molecule has 3 unspecified atom stereocenters. The first kappa shape index (κ1) is 20.9. The van der Waals surface area contributed by atoms with E-state index in [1.54, 1.807) is 5.56 Å². The average molecular weight is 369 g/mol. The third-order valence-electron chi connectivity index (χ3n) is 7.93. The Morgan fingerprint density at radius 3 is 2.11 bits per heavy atom. The fourth-order valence-corrected chi connectivity index (χ4v) is 6.21. The van der Waals surface area contributed by atoms with Crippen LogP contribution >= 0.6 is 0 Å². The molecule has 0 radical (unpaired) electrons. The van der Waals surface area contributed by atoms with Gasteiger partial charge in [-0.15, -0.1) is 0 Å². The third-order valence-corrected chi connectivity index (χ3v) is 7.93. The van der Waals surface area contributed by atoms with Gasteiger partial charge < -0.3 is 0 Å². The molecule has 2 fully saturated rings. The standard InChI is InChI=1S/C27H44/c1-4-6-7-9-23-10-14-24(15-11-23)26-18-19-27(21(3)20-26)25-16-12-22(8-5-2)13-17-25/h12-13,16-17,21,23-24,26-27H,4-11,14-15,18-20H2,1-3H3. The van der Waals surface area contributed by atoms with Crippen molar-refractivity contribution in [2.24, 2.45) is 23.7 Å². The zero-order valence-electron chi connectivity index (χ0n) is 18.4. The highest BCUT2D eigenvalue weighted by atomic mass is 14.4. The van der Waals surface area contributed by atoms with E-state index in [-0.39, 0.29) is 0 Å². The Hall–Kier alpha value is -0.780. The number of rotatable bonds is 8. The van der Waals surface area contributed by atoms with Gasteiger partial charge in [0.2, 0.25) is 0 Å². The molecule has 152 valence electrons. The lowest BCUT2D eigenvalue weighted by Gasteiger charge is -2.41. The normalized spacial score (nSPS) is 31.7. The summed E-state index contributed by atoms with van der Waals surface area (Å²) in [4.78, 5) is 0. The molecule has 0 heteroatoms. The highest BCUT2D eigenvalue weighted by Gasteiger charge is 2.34. The Balaban J connectivity index is 1.46. The summed E-state index contributed by atoms with van der Waals surface area (Å²) in [7, 11) is 0. The third kappa shape index (κ3) is 5.85. The van der Waals surface area contributed by atoms with E-state index in [0.29, 0.717) is 0 Å². The molecule has 0 nitrogen and oxygen atoms in total. The molecule has 0 aromatic heterocycles. The molecular formula is C27H44. The van der Waals surface area contributed by atoms with Gasteiger partial charge in [-0.1, -0.05) is 90.0 Å². The van der Waals surface area contributed by atoms with E-state index >= 15 is 0 Å². The van der Waals surface area contributed by atoms with Gasteiger partial charge in [0.05, 0.1) is 0 Å². The van der Waals surface area contributed by atoms with E-state index in [9.17, 15) is 0 Å². The maximum Gasteiger partial charge on any atom is -0.0136 e. The van der Waals surface area contributed by atoms with Crippen LogP contribution in [-0.2, 0) is 6.42 Å². The van der Waals surface area contributed by atoms with Crippen molar-refractivity contribution in [3.8, 4) is 0 Å². The van der Waals surface area contributed by atoms with Crippen molar-refractivity contribution < 1.29 is 0 Å². The van der Waals surface area contributed by atoms with Crippen LogP contribution in [-0.4, -0.2) is 0 Å². The molecule has 0 N–H and O–H groups in total. The average Bonchev–Trinajstić information content (AvgIpc) is 2.70. The van der Waals surface area contributed by atoms with Gasteiger partial charge in [-0.2, -0.15) is 0 Å². The highest BCUT2D eigenvalue weighted by Crippen LogP contribution is 2.47. The number of benzene rings is 1. The number of unbranched alkanes of at least 4 members (excludes halogenated alkanes) is 2. The maximum absolute atomic E-state index is 2.53. The molecule has 2 aliphatic carbocycles. The van der Waals surface area contributed by atoms with Crippen LogP contribution in [0.4, 0.5) is 0 Å². The molecule has 2 aliphatic rings. The van der Waals surface area contributed by atoms with Gasteiger partial charge in [0, 0.05) is 0 Å². The van der Waals surface area contributed by atoms with Crippen LogP contribution in [0.3, 0.4) is 0 Å². The maximum atomic E-state index is 2.53. The SMILES string of the molecule is CCCCCC1CCC(C2CCC(c3ccc(CCC)cc3)C(C)C2)CC1. The van der Waals surface area contributed by atoms with Crippen molar-refractivity contribution in [1.82, 2.24) is 0 Å². The molecule has 2 saturated carbocycles. The van der Waals surface area contributed by atoms with Crippen molar-refractivity contribution in [3.05, 3.63) is 35.4 Å². The number of hydrogen-bond donors (Lipinski definition) is 0. The lowest BCUT2D eigenvalue weighted by atomic mass is 9.64. The summed E-state index contributed by atoms with van der Waals surface area (Å²) in [6.45, 7) is 7.14. The van der Waals surface area contributed by atoms with Crippen molar-refractivity contribution in [1.29, 1.82) is 0 Å². The molecule has 0 heterocycles. The van der Waals surface area contributed by atoms with Gasteiger partial charge in [-0.05, 0) is 79.2 Å². The molecule has 0 saturated heterocycles. The Labute approximate surface area is 169 Å². The monoisotopic (exact) mass is 368 g/mol. The van der Waals surface area contributed by atoms with Gasteiger partial charge in [-0.3, -0.25) is 0 Å². The van der Waals surface area contributed by atoms with Crippen LogP contribution in [0.15, 0.2) is 24.3 Å². The second kappa shape index (κ2) is 10.7. The minimum absolute atomic E-state index is 0.808. The largest absolute Gasteiger partial charge is 0.0654 e. The number of aryl methyl sites for hydroxylation is 1. The van der Waals surface area contributed by atoms with Crippen LogP contribution in [0.5, 0.6) is 0 Å². The fraction of sp³-hybridized carbons (Fsp3) is 0.778. The van der Waals surface area contributed by atoms with Crippen LogP contribution in [0.1, 0.15) is 115 Å². The Morgan fingerprint density at radius 2 is 1.48 bits per heavy atom. The molecule has 1 aromatic carbocycles. The first-order valence-corrected chi connectivity index (χ1v) is 12.3. The summed E-state index contributed by atoms with van der Waals surface area (Å²) in [5.41, 5.74) is 3.12.